The van der Waals surface area contributed by atoms with Crippen molar-refractivity contribution in [2.75, 3.05) is 0 Å². The van der Waals surface area contributed by atoms with Crippen molar-refractivity contribution in [3.8, 4) is 0 Å². The fourth-order valence-corrected chi connectivity index (χ4v) is 2.27. The van der Waals surface area contributed by atoms with Gasteiger partial charge in [-0.1, -0.05) is 13.3 Å². The molecule has 0 saturated carbocycles. The minimum atomic E-state index is -0.811. The van der Waals surface area contributed by atoms with Crippen LogP contribution in [0.25, 0.3) is 11.0 Å². The highest BCUT2D eigenvalue weighted by molar-refractivity contribution is 9.10. The smallest absolute Gasteiger partial charge is 0.326 e. The molecule has 0 fully saturated rings. The van der Waals surface area contributed by atoms with Crippen molar-refractivity contribution in [3.63, 3.8) is 0 Å². The minimum absolute atomic E-state index is 0.536. The second-order valence-corrected chi connectivity index (χ2v) is 4.85. The molecular formula is C12H13BrN2O2. The number of carboxylic acid groups (broad SMARTS) is 1. The summed E-state index contributed by atoms with van der Waals surface area (Å²) >= 11 is 3.35. The first-order chi connectivity index (χ1) is 8.13. The predicted molar refractivity (Wildman–Crippen MR) is 69.0 cm³/mol. The Morgan fingerprint density at radius 2 is 2.41 bits per heavy atom. The van der Waals surface area contributed by atoms with Crippen LogP contribution in [0.5, 0.6) is 0 Å². The third-order valence-electron chi connectivity index (χ3n) is 2.70. The van der Waals surface area contributed by atoms with Crippen LogP contribution in [-0.2, 0) is 4.79 Å². The lowest BCUT2D eigenvalue weighted by atomic mass is 10.1. The van der Waals surface area contributed by atoms with Gasteiger partial charge in [0, 0.05) is 22.3 Å². The van der Waals surface area contributed by atoms with Crippen LogP contribution in [0.3, 0.4) is 0 Å². The Morgan fingerprint density at radius 1 is 1.65 bits per heavy atom. The van der Waals surface area contributed by atoms with Crippen molar-refractivity contribution >= 4 is 32.9 Å². The van der Waals surface area contributed by atoms with Crippen molar-refractivity contribution in [1.82, 2.24) is 9.55 Å². The van der Waals surface area contributed by atoms with Gasteiger partial charge in [-0.05, 0) is 34.5 Å². The highest BCUT2D eigenvalue weighted by atomic mass is 79.9. The molecule has 0 aliphatic carbocycles. The Labute approximate surface area is 107 Å². The van der Waals surface area contributed by atoms with Gasteiger partial charge in [-0.15, -0.1) is 0 Å². The van der Waals surface area contributed by atoms with E-state index >= 15 is 0 Å². The number of carboxylic acids is 1. The summed E-state index contributed by atoms with van der Waals surface area (Å²) in [6.45, 7) is 1.98. The first kappa shape index (κ1) is 12.1. The zero-order valence-electron chi connectivity index (χ0n) is 9.43. The third kappa shape index (κ3) is 2.34. The van der Waals surface area contributed by atoms with Crippen molar-refractivity contribution in [1.29, 1.82) is 0 Å². The molecule has 0 amide bonds. The van der Waals surface area contributed by atoms with Crippen LogP contribution in [0.2, 0.25) is 0 Å². The highest BCUT2D eigenvalue weighted by Gasteiger charge is 2.20. The molecule has 0 spiro atoms. The van der Waals surface area contributed by atoms with E-state index in [-0.39, 0.29) is 0 Å². The number of aliphatic carboxylic acids is 1. The molecule has 1 unspecified atom stereocenters. The first-order valence-electron chi connectivity index (χ1n) is 5.48. The van der Waals surface area contributed by atoms with Gasteiger partial charge in [0.1, 0.15) is 11.7 Å². The zero-order valence-corrected chi connectivity index (χ0v) is 11.0. The molecule has 2 rings (SSSR count). The lowest BCUT2D eigenvalue weighted by Gasteiger charge is -2.14. The molecule has 0 saturated heterocycles. The maximum atomic E-state index is 11.2. The van der Waals surface area contributed by atoms with Crippen LogP contribution in [0, 0.1) is 0 Å². The first-order valence-corrected chi connectivity index (χ1v) is 6.27. The average Bonchev–Trinajstić information content (AvgIpc) is 2.68. The summed E-state index contributed by atoms with van der Waals surface area (Å²) in [5.74, 6) is -0.811. The van der Waals surface area contributed by atoms with Gasteiger partial charge in [-0.2, -0.15) is 0 Å². The number of nitrogens with zero attached hydrogens (tertiary/aromatic N) is 2. The second kappa shape index (κ2) is 4.87. The number of hydrogen-bond donors (Lipinski definition) is 1. The summed E-state index contributed by atoms with van der Waals surface area (Å²) in [5, 5.41) is 10.2. The largest absolute Gasteiger partial charge is 0.480 e. The Balaban J connectivity index is 2.50. The molecule has 0 aromatic carbocycles. The SMILES string of the molecule is CCCC(C(=O)O)n1ccc2cc(Br)cnc21. The van der Waals surface area contributed by atoms with E-state index in [4.69, 9.17) is 0 Å². The highest BCUT2D eigenvalue weighted by Crippen LogP contribution is 2.24. The number of pyridine rings is 1. The third-order valence-corrected chi connectivity index (χ3v) is 3.14. The molecule has 5 heteroatoms. The fraction of sp³-hybridized carbons (Fsp3) is 0.333. The van der Waals surface area contributed by atoms with Crippen LogP contribution in [-0.4, -0.2) is 20.6 Å². The lowest BCUT2D eigenvalue weighted by molar-refractivity contribution is -0.141. The maximum Gasteiger partial charge on any atom is 0.326 e. The summed E-state index contributed by atoms with van der Waals surface area (Å²) in [6.07, 6.45) is 4.91. The van der Waals surface area contributed by atoms with Crippen LogP contribution in [0.15, 0.2) is 29.0 Å². The Bertz CT molecular complexity index is 550. The molecule has 2 heterocycles. The molecule has 17 heavy (non-hydrogen) atoms. The van der Waals surface area contributed by atoms with Crippen LogP contribution in [0.1, 0.15) is 25.8 Å². The molecule has 4 nitrogen and oxygen atoms in total. The molecule has 1 N–H and O–H groups in total. The van der Waals surface area contributed by atoms with E-state index < -0.39 is 12.0 Å². The van der Waals surface area contributed by atoms with E-state index in [1.54, 1.807) is 17.0 Å². The molecule has 0 aliphatic rings. The van der Waals surface area contributed by atoms with Crippen molar-refractivity contribution in [3.05, 3.63) is 29.0 Å². The van der Waals surface area contributed by atoms with Crippen molar-refractivity contribution in [2.24, 2.45) is 0 Å². The lowest BCUT2D eigenvalue weighted by Crippen LogP contribution is -2.18. The van der Waals surface area contributed by atoms with E-state index in [1.807, 2.05) is 19.1 Å². The standard InChI is InChI=1S/C12H13BrN2O2/c1-2-3-10(12(16)17)15-5-4-8-6-9(13)7-14-11(8)15/h4-7,10H,2-3H2,1H3,(H,16,17). The fourth-order valence-electron chi connectivity index (χ4n) is 1.92. The Kier molecular flexibility index (Phi) is 3.47. The summed E-state index contributed by atoms with van der Waals surface area (Å²) in [7, 11) is 0. The van der Waals surface area contributed by atoms with E-state index in [0.29, 0.717) is 12.1 Å². The topological polar surface area (TPSA) is 55.1 Å². The number of rotatable bonds is 4. The summed E-state index contributed by atoms with van der Waals surface area (Å²) in [6, 6.07) is 3.29. The normalized spacial score (nSPS) is 12.8. The number of fused-ring (bicyclic) bond motifs is 1. The second-order valence-electron chi connectivity index (χ2n) is 3.93. The molecule has 2 aromatic rings. The Hall–Kier alpha value is -1.36. The quantitative estimate of drug-likeness (QED) is 0.942. The average molecular weight is 297 g/mol. The monoisotopic (exact) mass is 296 g/mol. The van der Waals surface area contributed by atoms with Gasteiger partial charge in [0.2, 0.25) is 0 Å². The van der Waals surface area contributed by atoms with E-state index in [2.05, 4.69) is 20.9 Å². The molecule has 0 bridgehead atoms. The molecule has 90 valence electrons. The predicted octanol–water partition coefficient (Wildman–Crippen LogP) is 3.22. The molecule has 1 atom stereocenters. The van der Waals surface area contributed by atoms with Crippen LogP contribution < -0.4 is 0 Å². The Morgan fingerprint density at radius 3 is 3.06 bits per heavy atom. The number of aromatic nitrogens is 2. The van der Waals surface area contributed by atoms with Gasteiger partial charge in [-0.25, -0.2) is 9.78 Å². The van der Waals surface area contributed by atoms with Gasteiger partial charge < -0.3 is 9.67 Å². The van der Waals surface area contributed by atoms with Gasteiger partial charge in [0.05, 0.1) is 0 Å². The van der Waals surface area contributed by atoms with Crippen molar-refractivity contribution < 1.29 is 9.90 Å². The van der Waals surface area contributed by atoms with E-state index in [0.717, 1.165) is 16.3 Å². The van der Waals surface area contributed by atoms with Crippen LogP contribution in [0.4, 0.5) is 0 Å². The minimum Gasteiger partial charge on any atom is -0.480 e. The van der Waals surface area contributed by atoms with Crippen LogP contribution >= 0.6 is 15.9 Å². The molecule has 2 aromatic heterocycles. The zero-order chi connectivity index (χ0) is 12.4. The van der Waals surface area contributed by atoms with Gasteiger partial charge >= 0.3 is 5.97 Å². The maximum absolute atomic E-state index is 11.2. The van der Waals surface area contributed by atoms with Gasteiger partial charge in [0.15, 0.2) is 0 Å². The number of halogens is 1. The molecule has 0 aliphatic heterocycles. The van der Waals surface area contributed by atoms with E-state index in [9.17, 15) is 9.90 Å². The number of hydrogen-bond acceptors (Lipinski definition) is 2. The molecular weight excluding hydrogens is 284 g/mol. The summed E-state index contributed by atoms with van der Waals surface area (Å²) in [4.78, 5) is 15.5. The molecule has 0 radical (unpaired) electrons. The number of carbonyl (C=O) groups is 1. The summed E-state index contributed by atoms with van der Waals surface area (Å²) in [5.41, 5.74) is 0.717. The van der Waals surface area contributed by atoms with Crippen molar-refractivity contribution in [2.45, 2.75) is 25.8 Å². The van der Waals surface area contributed by atoms with Gasteiger partial charge in [0.25, 0.3) is 0 Å². The summed E-state index contributed by atoms with van der Waals surface area (Å²) < 4.78 is 2.62. The van der Waals surface area contributed by atoms with Gasteiger partial charge in [-0.3, -0.25) is 0 Å². The van der Waals surface area contributed by atoms with E-state index in [1.165, 1.54) is 0 Å².